The summed E-state index contributed by atoms with van der Waals surface area (Å²) < 4.78 is 0. The summed E-state index contributed by atoms with van der Waals surface area (Å²) in [7, 11) is 0. The SMILES string of the molecule is Cc1cccc(C(c2ccc(Cc3ccccc3)cc2)N2CCNCC2)c1. The fourth-order valence-electron chi connectivity index (χ4n) is 4.04. The van der Waals surface area contributed by atoms with Gasteiger partial charge < -0.3 is 5.32 Å². The monoisotopic (exact) mass is 356 g/mol. The summed E-state index contributed by atoms with van der Waals surface area (Å²) >= 11 is 0. The van der Waals surface area contributed by atoms with Gasteiger partial charge in [0.25, 0.3) is 0 Å². The molecule has 3 aromatic carbocycles. The highest BCUT2D eigenvalue weighted by Gasteiger charge is 2.23. The molecule has 1 heterocycles. The number of benzene rings is 3. The normalized spacial score (nSPS) is 16.2. The average Bonchev–Trinajstić information content (AvgIpc) is 2.71. The van der Waals surface area contributed by atoms with Gasteiger partial charge in [0.05, 0.1) is 6.04 Å². The smallest absolute Gasteiger partial charge is 0.0602 e. The molecule has 1 aliphatic rings. The van der Waals surface area contributed by atoms with Crippen LogP contribution in [0.3, 0.4) is 0 Å². The summed E-state index contributed by atoms with van der Waals surface area (Å²) in [6, 6.07) is 29.3. The molecule has 138 valence electrons. The lowest BCUT2D eigenvalue weighted by atomic mass is 9.93. The van der Waals surface area contributed by atoms with E-state index < -0.39 is 0 Å². The Kier molecular flexibility index (Phi) is 5.66. The van der Waals surface area contributed by atoms with Crippen LogP contribution in [0, 0.1) is 6.92 Å². The van der Waals surface area contributed by atoms with Gasteiger partial charge >= 0.3 is 0 Å². The van der Waals surface area contributed by atoms with E-state index in [1.807, 2.05) is 0 Å². The largest absolute Gasteiger partial charge is 0.314 e. The van der Waals surface area contributed by atoms with Crippen LogP contribution in [0.25, 0.3) is 0 Å². The molecule has 0 bridgehead atoms. The Bertz CT molecular complexity index is 849. The van der Waals surface area contributed by atoms with Crippen molar-refractivity contribution in [3.05, 3.63) is 107 Å². The first-order valence-corrected chi connectivity index (χ1v) is 9.94. The van der Waals surface area contributed by atoms with Crippen molar-refractivity contribution in [2.75, 3.05) is 26.2 Å². The Hall–Kier alpha value is -2.42. The zero-order chi connectivity index (χ0) is 18.5. The molecule has 0 aliphatic carbocycles. The Morgan fingerprint density at radius 2 is 1.48 bits per heavy atom. The van der Waals surface area contributed by atoms with Crippen molar-refractivity contribution in [1.29, 1.82) is 0 Å². The van der Waals surface area contributed by atoms with E-state index in [1.54, 1.807) is 0 Å². The third kappa shape index (κ3) is 4.47. The number of nitrogens with zero attached hydrogens (tertiary/aromatic N) is 1. The highest BCUT2D eigenvalue weighted by atomic mass is 15.2. The number of rotatable bonds is 5. The number of aryl methyl sites for hydroxylation is 1. The van der Waals surface area contributed by atoms with Crippen molar-refractivity contribution in [2.24, 2.45) is 0 Å². The molecular formula is C25H28N2. The van der Waals surface area contributed by atoms with Crippen LogP contribution in [0.15, 0.2) is 78.9 Å². The lowest BCUT2D eigenvalue weighted by Gasteiger charge is -2.35. The second-order valence-corrected chi connectivity index (χ2v) is 7.51. The minimum atomic E-state index is 0.331. The molecule has 1 aliphatic heterocycles. The first-order chi connectivity index (χ1) is 13.3. The van der Waals surface area contributed by atoms with Crippen molar-refractivity contribution >= 4 is 0 Å². The molecule has 0 spiro atoms. The molecule has 2 heteroatoms. The summed E-state index contributed by atoms with van der Waals surface area (Å²) in [5.74, 6) is 0. The van der Waals surface area contributed by atoms with Crippen molar-refractivity contribution < 1.29 is 0 Å². The van der Waals surface area contributed by atoms with Gasteiger partial charge in [-0.3, -0.25) is 4.90 Å². The quantitative estimate of drug-likeness (QED) is 0.720. The van der Waals surface area contributed by atoms with Crippen molar-refractivity contribution in [3.63, 3.8) is 0 Å². The lowest BCUT2D eigenvalue weighted by molar-refractivity contribution is 0.198. The lowest BCUT2D eigenvalue weighted by Crippen LogP contribution is -2.45. The maximum atomic E-state index is 3.48. The molecule has 1 saturated heterocycles. The molecule has 0 radical (unpaired) electrons. The average molecular weight is 357 g/mol. The van der Waals surface area contributed by atoms with Gasteiger partial charge in [-0.15, -0.1) is 0 Å². The van der Waals surface area contributed by atoms with Gasteiger partial charge in [0.15, 0.2) is 0 Å². The van der Waals surface area contributed by atoms with Crippen molar-refractivity contribution in [3.8, 4) is 0 Å². The zero-order valence-electron chi connectivity index (χ0n) is 16.1. The van der Waals surface area contributed by atoms with Gasteiger partial charge in [-0.05, 0) is 35.6 Å². The summed E-state index contributed by atoms with van der Waals surface area (Å²) in [5.41, 5.74) is 6.84. The number of hydrogen-bond donors (Lipinski definition) is 1. The van der Waals surface area contributed by atoms with E-state index in [1.165, 1.54) is 27.8 Å². The fraction of sp³-hybridized carbons (Fsp3) is 0.280. The second kappa shape index (κ2) is 8.51. The van der Waals surface area contributed by atoms with E-state index in [0.717, 1.165) is 32.6 Å². The Labute approximate surface area is 162 Å². The van der Waals surface area contributed by atoms with E-state index in [0.29, 0.717) is 6.04 Å². The Morgan fingerprint density at radius 3 is 2.19 bits per heavy atom. The molecule has 1 atom stereocenters. The van der Waals surface area contributed by atoms with Crippen LogP contribution in [0.2, 0.25) is 0 Å². The third-order valence-electron chi connectivity index (χ3n) is 5.42. The maximum absolute atomic E-state index is 3.48. The van der Waals surface area contributed by atoms with E-state index in [2.05, 4.69) is 96.0 Å². The Morgan fingerprint density at radius 1 is 0.778 bits per heavy atom. The molecule has 0 amide bonds. The molecule has 4 rings (SSSR count). The topological polar surface area (TPSA) is 15.3 Å². The van der Waals surface area contributed by atoms with Crippen LogP contribution in [-0.4, -0.2) is 31.1 Å². The number of nitrogens with one attached hydrogen (secondary N) is 1. The maximum Gasteiger partial charge on any atom is 0.0602 e. The molecule has 1 unspecified atom stereocenters. The van der Waals surface area contributed by atoms with Crippen LogP contribution >= 0.6 is 0 Å². The van der Waals surface area contributed by atoms with Gasteiger partial charge in [-0.1, -0.05) is 84.4 Å². The van der Waals surface area contributed by atoms with Crippen LogP contribution < -0.4 is 5.32 Å². The van der Waals surface area contributed by atoms with Gasteiger partial charge in [0.2, 0.25) is 0 Å². The zero-order valence-corrected chi connectivity index (χ0v) is 16.1. The van der Waals surface area contributed by atoms with Crippen molar-refractivity contribution in [1.82, 2.24) is 10.2 Å². The van der Waals surface area contributed by atoms with Crippen LogP contribution in [0.1, 0.15) is 33.9 Å². The van der Waals surface area contributed by atoms with Gasteiger partial charge in [-0.25, -0.2) is 0 Å². The molecule has 3 aromatic rings. The molecular weight excluding hydrogens is 328 g/mol. The summed E-state index contributed by atoms with van der Waals surface area (Å²) in [4.78, 5) is 2.61. The molecule has 0 saturated carbocycles. The predicted molar refractivity (Wildman–Crippen MR) is 113 cm³/mol. The second-order valence-electron chi connectivity index (χ2n) is 7.51. The number of hydrogen-bond acceptors (Lipinski definition) is 2. The standard InChI is InChI=1S/C25H28N2/c1-20-6-5-9-24(18-20)25(27-16-14-26-15-17-27)23-12-10-22(11-13-23)19-21-7-3-2-4-8-21/h2-13,18,25-26H,14-17,19H2,1H3. The van der Waals surface area contributed by atoms with Crippen LogP contribution in [0.4, 0.5) is 0 Å². The van der Waals surface area contributed by atoms with Gasteiger partial charge in [0, 0.05) is 26.2 Å². The van der Waals surface area contributed by atoms with Crippen molar-refractivity contribution in [2.45, 2.75) is 19.4 Å². The highest BCUT2D eigenvalue weighted by molar-refractivity contribution is 5.37. The van der Waals surface area contributed by atoms with E-state index in [-0.39, 0.29) is 0 Å². The van der Waals surface area contributed by atoms with E-state index in [9.17, 15) is 0 Å². The number of piperazine rings is 1. The molecule has 1 N–H and O–H groups in total. The molecule has 1 fully saturated rings. The molecule has 2 nitrogen and oxygen atoms in total. The molecule has 27 heavy (non-hydrogen) atoms. The van der Waals surface area contributed by atoms with Gasteiger partial charge in [-0.2, -0.15) is 0 Å². The first-order valence-electron chi connectivity index (χ1n) is 9.94. The van der Waals surface area contributed by atoms with Gasteiger partial charge in [0.1, 0.15) is 0 Å². The summed E-state index contributed by atoms with van der Waals surface area (Å²) in [6.45, 7) is 6.48. The highest BCUT2D eigenvalue weighted by Crippen LogP contribution is 2.30. The minimum absolute atomic E-state index is 0.331. The van der Waals surface area contributed by atoms with Crippen LogP contribution in [-0.2, 0) is 6.42 Å². The molecule has 0 aromatic heterocycles. The predicted octanol–water partition coefficient (Wildman–Crippen LogP) is 4.58. The van der Waals surface area contributed by atoms with Crippen LogP contribution in [0.5, 0.6) is 0 Å². The van der Waals surface area contributed by atoms with E-state index >= 15 is 0 Å². The summed E-state index contributed by atoms with van der Waals surface area (Å²) in [5, 5.41) is 3.48. The minimum Gasteiger partial charge on any atom is -0.314 e. The van der Waals surface area contributed by atoms with E-state index in [4.69, 9.17) is 0 Å². The third-order valence-corrected chi connectivity index (χ3v) is 5.42. The fourth-order valence-corrected chi connectivity index (χ4v) is 4.04. The summed E-state index contributed by atoms with van der Waals surface area (Å²) in [6.07, 6.45) is 0.990. The first kappa shape index (κ1) is 18.0. The Balaban J connectivity index is 1.61.